The molecule has 0 saturated carbocycles. The van der Waals surface area contributed by atoms with Gasteiger partial charge in [-0.2, -0.15) is 9.49 Å². The van der Waals surface area contributed by atoms with Gasteiger partial charge in [0.1, 0.15) is 0 Å². The second kappa shape index (κ2) is 6.91. The fraction of sp³-hybridized carbons (Fsp3) is 0.176. The number of aromatic nitrogens is 2. The summed E-state index contributed by atoms with van der Waals surface area (Å²) >= 11 is 0. The highest BCUT2D eigenvalue weighted by atomic mass is 19.1. The minimum atomic E-state index is -0.516. The van der Waals surface area contributed by atoms with Gasteiger partial charge in [-0.3, -0.25) is 10.1 Å². The Morgan fingerprint density at radius 2 is 2.22 bits per heavy atom. The maximum Gasteiger partial charge on any atom is 0.231 e. The molecule has 118 valence electrons. The number of ether oxygens (including phenoxy) is 2. The normalized spacial score (nSPS) is 18.2. The molecule has 1 aliphatic carbocycles. The van der Waals surface area contributed by atoms with Crippen LogP contribution in [-0.4, -0.2) is 30.0 Å². The average molecular weight is 313 g/mol. The zero-order valence-electron chi connectivity index (χ0n) is 12.6. The van der Waals surface area contributed by atoms with E-state index >= 15 is 0 Å². The Labute approximate surface area is 133 Å². The number of aliphatic imine (C=N–C) groups is 1. The van der Waals surface area contributed by atoms with Crippen molar-refractivity contribution < 1.29 is 13.9 Å². The number of nitrogens with one attached hydrogen (secondary N) is 1. The molecule has 1 N–H and O–H groups in total. The standard InChI is InChI=1S/C17H16FN3O2/c1-19-17(18)8-3-2-6-13-10-14(21-20-13)12-5-4-7-15-16(9-12)23-11-22-15/h2-4,6-10H,5,11H2,1H3,(H,20,21)/b6-2+,8-3-,19-17+. The molecular formula is C17H16FN3O2. The third-order valence-corrected chi connectivity index (χ3v) is 3.34. The van der Waals surface area contributed by atoms with Crippen molar-refractivity contribution in [3.05, 3.63) is 65.4 Å². The minimum Gasteiger partial charge on any atom is -0.454 e. The maximum absolute atomic E-state index is 12.8. The Morgan fingerprint density at radius 3 is 3.09 bits per heavy atom. The molecule has 5 nitrogen and oxygen atoms in total. The summed E-state index contributed by atoms with van der Waals surface area (Å²) in [5.41, 5.74) is 2.70. The fourth-order valence-corrected chi connectivity index (χ4v) is 2.19. The highest BCUT2D eigenvalue weighted by Crippen LogP contribution is 2.28. The van der Waals surface area contributed by atoms with Crippen molar-refractivity contribution in [3.8, 4) is 0 Å². The predicted molar refractivity (Wildman–Crippen MR) is 87.0 cm³/mol. The molecule has 0 fully saturated rings. The van der Waals surface area contributed by atoms with Gasteiger partial charge in [0, 0.05) is 7.05 Å². The van der Waals surface area contributed by atoms with Crippen molar-refractivity contribution >= 4 is 17.6 Å². The summed E-state index contributed by atoms with van der Waals surface area (Å²) in [5.74, 6) is 0.963. The molecule has 0 spiro atoms. The molecule has 23 heavy (non-hydrogen) atoms. The van der Waals surface area contributed by atoms with Crippen molar-refractivity contribution in [1.82, 2.24) is 10.2 Å². The Hall–Kier alpha value is -2.89. The number of hydrogen-bond acceptors (Lipinski definition) is 4. The highest BCUT2D eigenvalue weighted by molar-refractivity contribution is 5.86. The van der Waals surface area contributed by atoms with Gasteiger partial charge >= 0.3 is 0 Å². The molecule has 0 aromatic carbocycles. The first kappa shape index (κ1) is 15.0. The van der Waals surface area contributed by atoms with E-state index in [4.69, 9.17) is 9.47 Å². The lowest BCUT2D eigenvalue weighted by molar-refractivity contribution is 0.0777. The van der Waals surface area contributed by atoms with Crippen LogP contribution in [0.3, 0.4) is 0 Å². The predicted octanol–water partition coefficient (Wildman–Crippen LogP) is 3.54. The number of halogens is 1. The largest absolute Gasteiger partial charge is 0.454 e. The zero-order chi connectivity index (χ0) is 16.1. The van der Waals surface area contributed by atoms with Gasteiger partial charge in [-0.25, -0.2) is 0 Å². The van der Waals surface area contributed by atoms with Crippen LogP contribution in [0, 0.1) is 0 Å². The fourth-order valence-electron chi connectivity index (χ4n) is 2.19. The van der Waals surface area contributed by atoms with Gasteiger partial charge in [0.05, 0.1) is 11.4 Å². The SMILES string of the molecule is C\N=C(F)/C=C\C=C\c1cc(C2=CC3=C(C=CC2)OCO3)n[nH]1. The first-order valence-corrected chi connectivity index (χ1v) is 7.16. The first-order chi connectivity index (χ1) is 11.3. The molecule has 6 heteroatoms. The average Bonchev–Trinajstić information content (AvgIpc) is 3.16. The molecule has 0 bridgehead atoms. The quantitative estimate of drug-likeness (QED) is 0.683. The molecule has 0 saturated heterocycles. The molecule has 0 atom stereocenters. The Morgan fingerprint density at radius 1 is 1.35 bits per heavy atom. The summed E-state index contributed by atoms with van der Waals surface area (Å²) < 4.78 is 23.6. The molecule has 1 aliphatic heterocycles. The second-order valence-electron chi connectivity index (χ2n) is 4.88. The van der Waals surface area contributed by atoms with Gasteiger partial charge in [-0.1, -0.05) is 18.2 Å². The lowest BCUT2D eigenvalue weighted by Crippen LogP contribution is -1.87. The number of nitrogens with zero attached hydrogens (tertiary/aromatic N) is 2. The highest BCUT2D eigenvalue weighted by Gasteiger charge is 2.17. The summed E-state index contributed by atoms with van der Waals surface area (Å²) in [4.78, 5) is 3.40. The van der Waals surface area contributed by atoms with Gasteiger partial charge in [-0.05, 0) is 42.4 Å². The summed E-state index contributed by atoms with van der Waals surface area (Å²) in [7, 11) is 1.40. The van der Waals surface area contributed by atoms with Crippen molar-refractivity contribution in [2.45, 2.75) is 6.42 Å². The van der Waals surface area contributed by atoms with E-state index in [2.05, 4.69) is 15.2 Å². The summed E-state index contributed by atoms with van der Waals surface area (Å²) in [6.45, 7) is 0.247. The zero-order valence-corrected chi connectivity index (χ0v) is 12.6. The number of hydrogen-bond donors (Lipinski definition) is 1. The van der Waals surface area contributed by atoms with E-state index in [-0.39, 0.29) is 6.79 Å². The summed E-state index contributed by atoms with van der Waals surface area (Å²) in [6.07, 6.45) is 13.0. The number of allylic oxidation sites excluding steroid dienone is 7. The van der Waals surface area contributed by atoms with Gasteiger partial charge in [-0.15, -0.1) is 0 Å². The third kappa shape index (κ3) is 3.66. The van der Waals surface area contributed by atoms with Gasteiger partial charge in [0.15, 0.2) is 11.5 Å². The molecule has 1 aromatic rings. The molecule has 0 amide bonds. The van der Waals surface area contributed by atoms with E-state index in [0.717, 1.165) is 34.9 Å². The van der Waals surface area contributed by atoms with Crippen molar-refractivity contribution in [3.63, 3.8) is 0 Å². The summed E-state index contributed by atoms with van der Waals surface area (Å²) in [5, 5.41) is 7.24. The smallest absolute Gasteiger partial charge is 0.231 e. The van der Waals surface area contributed by atoms with Crippen molar-refractivity contribution in [2.75, 3.05) is 13.8 Å². The van der Waals surface area contributed by atoms with E-state index in [1.54, 1.807) is 12.2 Å². The van der Waals surface area contributed by atoms with Gasteiger partial charge < -0.3 is 9.47 Å². The molecule has 2 aliphatic rings. The number of aromatic amines is 1. The summed E-state index contributed by atoms with van der Waals surface area (Å²) in [6, 6.07) is 1.93. The Kier molecular flexibility index (Phi) is 4.52. The molecule has 3 rings (SSSR count). The van der Waals surface area contributed by atoms with Crippen molar-refractivity contribution in [1.29, 1.82) is 0 Å². The van der Waals surface area contributed by atoms with E-state index < -0.39 is 5.97 Å². The van der Waals surface area contributed by atoms with Gasteiger partial charge in [0.25, 0.3) is 0 Å². The Bertz CT molecular complexity index is 767. The van der Waals surface area contributed by atoms with Crippen LogP contribution < -0.4 is 0 Å². The van der Waals surface area contributed by atoms with Crippen LogP contribution in [0.25, 0.3) is 11.6 Å². The van der Waals surface area contributed by atoms with Gasteiger partial charge in [0.2, 0.25) is 12.8 Å². The molecule has 0 unspecified atom stereocenters. The molecule has 2 heterocycles. The monoisotopic (exact) mass is 313 g/mol. The maximum atomic E-state index is 12.8. The van der Waals surface area contributed by atoms with Crippen LogP contribution >= 0.6 is 0 Å². The molecule has 1 aromatic heterocycles. The van der Waals surface area contributed by atoms with E-state index in [0.29, 0.717) is 0 Å². The van der Waals surface area contributed by atoms with E-state index in [9.17, 15) is 4.39 Å². The second-order valence-corrected chi connectivity index (χ2v) is 4.88. The lowest BCUT2D eigenvalue weighted by atomic mass is 10.1. The van der Waals surface area contributed by atoms with Crippen LogP contribution in [-0.2, 0) is 9.47 Å². The minimum absolute atomic E-state index is 0.247. The van der Waals surface area contributed by atoms with Crippen LogP contribution in [0.1, 0.15) is 17.8 Å². The van der Waals surface area contributed by atoms with Crippen LogP contribution in [0.5, 0.6) is 0 Å². The number of H-pyrrole nitrogens is 1. The first-order valence-electron chi connectivity index (χ1n) is 7.16. The van der Waals surface area contributed by atoms with Crippen LogP contribution in [0.4, 0.5) is 4.39 Å². The van der Waals surface area contributed by atoms with Crippen LogP contribution in [0.2, 0.25) is 0 Å². The van der Waals surface area contributed by atoms with Crippen molar-refractivity contribution in [2.24, 2.45) is 4.99 Å². The number of rotatable bonds is 4. The lowest BCUT2D eigenvalue weighted by Gasteiger charge is -2.00. The van der Waals surface area contributed by atoms with E-state index in [1.807, 2.05) is 30.4 Å². The van der Waals surface area contributed by atoms with Crippen LogP contribution in [0.15, 0.2) is 59.0 Å². The Balaban J connectivity index is 1.73. The molecular weight excluding hydrogens is 297 g/mol. The third-order valence-electron chi connectivity index (χ3n) is 3.34. The topological polar surface area (TPSA) is 59.5 Å². The molecule has 0 radical (unpaired) electrons. The van der Waals surface area contributed by atoms with E-state index in [1.165, 1.54) is 13.1 Å².